The minimum Gasteiger partial charge on any atom is -0.396 e. The molecule has 2 aromatic rings. The lowest BCUT2D eigenvalue weighted by Gasteiger charge is -1.94. The second-order valence-electron chi connectivity index (χ2n) is 2.90. The van der Waals surface area contributed by atoms with Crippen molar-refractivity contribution in [1.29, 1.82) is 0 Å². The van der Waals surface area contributed by atoms with Crippen molar-refractivity contribution in [3.63, 3.8) is 0 Å². The van der Waals surface area contributed by atoms with Gasteiger partial charge in [-0.05, 0) is 12.1 Å². The fourth-order valence-electron chi connectivity index (χ4n) is 1.32. The predicted octanol–water partition coefficient (Wildman–Crippen LogP) is 0.451. The molecule has 0 aliphatic rings. The van der Waals surface area contributed by atoms with E-state index in [0.717, 1.165) is 11.3 Å². The monoisotopic (exact) mass is 177 g/mol. The summed E-state index contributed by atoms with van der Waals surface area (Å²) in [6, 6.07) is 3.68. The zero-order chi connectivity index (χ0) is 9.26. The van der Waals surface area contributed by atoms with Crippen LogP contribution in [0, 0.1) is 0 Å². The second kappa shape index (κ2) is 3.06. The van der Waals surface area contributed by atoms with Gasteiger partial charge in [0, 0.05) is 25.4 Å². The number of anilines is 1. The maximum Gasteiger partial charge on any atom is 0.160 e. The molecule has 0 fully saturated rings. The van der Waals surface area contributed by atoms with Gasteiger partial charge in [0.1, 0.15) is 0 Å². The van der Waals surface area contributed by atoms with Crippen LogP contribution in [0.4, 0.5) is 5.69 Å². The Balaban J connectivity index is 2.55. The fraction of sp³-hybridized carbons (Fsp3) is 0.222. The molecule has 0 unspecified atom stereocenters. The van der Waals surface area contributed by atoms with E-state index in [1.807, 2.05) is 28.9 Å². The molecular weight excluding hydrogens is 166 g/mol. The van der Waals surface area contributed by atoms with Crippen molar-refractivity contribution < 1.29 is 5.11 Å². The molecule has 0 radical (unpaired) electrons. The van der Waals surface area contributed by atoms with E-state index in [1.165, 1.54) is 0 Å². The maximum absolute atomic E-state index is 8.73. The number of pyridine rings is 1. The van der Waals surface area contributed by atoms with Gasteiger partial charge in [0.25, 0.3) is 0 Å². The molecule has 4 heteroatoms. The Morgan fingerprint density at radius 1 is 1.54 bits per heavy atom. The number of rotatable bonds is 2. The first-order valence-corrected chi connectivity index (χ1v) is 4.14. The Labute approximate surface area is 75.6 Å². The van der Waals surface area contributed by atoms with E-state index in [-0.39, 0.29) is 6.61 Å². The zero-order valence-electron chi connectivity index (χ0n) is 7.14. The molecule has 0 aliphatic carbocycles. The molecule has 68 valence electrons. The number of aromatic nitrogens is 2. The topological polar surface area (TPSA) is 63.5 Å². The molecule has 2 aromatic heterocycles. The SMILES string of the molecule is Nc1cccn2cc(CCO)nc12. The van der Waals surface area contributed by atoms with Crippen LogP contribution in [0.1, 0.15) is 5.69 Å². The summed E-state index contributed by atoms with van der Waals surface area (Å²) in [5, 5.41) is 8.73. The highest BCUT2D eigenvalue weighted by Gasteiger charge is 2.02. The average Bonchev–Trinajstić information content (AvgIpc) is 2.49. The van der Waals surface area contributed by atoms with Crippen molar-refractivity contribution in [3.8, 4) is 0 Å². The summed E-state index contributed by atoms with van der Waals surface area (Å²) in [5.41, 5.74) is 8.00. The van der Waals surface area contributed by atoms with Crippen molar-refractivity contribution in [1.82, 2.24) is 9.38 Å². The standard InChI is InChI=1S/C9H11N3O/c10-8-2-1-4-12-6-7(3-5-13)11-9(8)12/h1-2,4,6,13H,3,5,10H2. The first-order chi connectivity index (χ1) is 6.31. The number of hydrogen-bond donors (Lipinski definition) is 2. The van der Waals surface area contributed by atoms with Gasteiger partial charge in [0.15, 0.2) is 5.65 Å². The van der Waals surface area contributed by atoms with Crippen LogP contribution in [-0.4, -0.2) is 21.1 Å². The van der Waals surface area contributed by atoms with Crippen molar-refractivity contribution >= 4 is 11.3 Å². The van der Waals surface area contributed by atoms with Gasteiger partial charge < -0.3 is 15.2 Å². The van der Waals surface area contributed by atoms with E-state index in [0.29, 0.717) is 12.1 Å². The third kappa shape index (κ3) is 1.36. The highest BCUT2D eigenvalue weighted by atomic mass is 16.3. The minimum absolute atomic E-state index is 0.115. The van der Waals surface area contributed by atoms with Crippen LogP contribution in [0.15, 0.2) is 24.5 Å². The smallest absolute Gasteiger partial charge is 0.160 e. The van der Waals surface area contributed by atoms with Crippen LogP contribution in [-0.2, 0) is 6.42 Å². The number of hydrogen-bond acceptors (Lipinski definition) is 3. The van der Waals surface area contributed by atoms with Crippen LogP contribution in [0.25, 0.3) is 5.65 Å². The van der Waals surface area contributed by atoms with E-state index in [2.05, 4.69) is 4.98 Å². The second-order valence-corrected chi connectivity index (χ2v) is 2.90. The molecule has 2 rings (SSSR count). The van der Waals surface area contributed by atoms with Gasteiger partial charge in [-0.25, -0.2) is 4.98 Å². The van der Waals surface area contributed by atoms with Crippen molar-refractivity contribution in [2.45, 2.75) is 6.42 Å². The van der Waals surface area contributed by atoms with Gasteiger partial charge in [-0.3, -0.25) is 0 Å². The van der Waals surface area contributed by atoms with Crippen LogP contribution in [0.5, 0.6) is 0 Å². The molecule has 0 saturated heterocycles. The first kappa shape index (κ1) is 8.07. The number of aliphatic hydroxyl groups is 1. The Morgan fingerprint density at radius 2 is 2.38 bits per heavy atom. The molecule has 0 atom stereocenters. The summed E-state index contributed by atoms with van der Waals surface area (Å²) in [5.74, 6) is 0. The van der Waals surface area contributed by atoms with Crippen LogP contribution < -0.4 is 5.73 Å². The normalized spacial score (nSPS) is 10.8. The number of nitrogen functional groups attached to an aromatic ring is 1. The van der Waals surface area contributed by atoms with Crippen molar-refractivity contribution in [2.75, 3.05) is 12.3 Å². The largest absolute Gasteiger partial charge is 0.396 e. The third-order valence-electron chi connectivity index (χ3n) is 1.93. The van der Waals surface area contributed by atoms with E-state index in [9.17, 15) is 0 Å². The quantitative estimate of drug-likeness (QED) is 0.700. The van der Waals surface area contributed by atoms with E-state index >= 15 is 0 Å². The molecule has 0 saturated carbocycles. The molecule has 2 heterocycles. The molecule has 4 nitrogen and oxygen atoms in total. The lowest BCUT2D eigenvalue weighted by molar-refractivity contribution is 0.298. The number of nitrogens with zero attached hydrogens (tertiary/aromatic N) is 2. The van der Waals surface area contributed by atoms with Gasteiger partial charge in [0.05, 0.1) is 11.4 Å². The minimum atomic E-state index is 0.115. The van der Waals surface area contributed by atoms with E-state index in [1.54, 1.807) is 0 Å². The summed E-state index contributed by atoms with van der Waals surface area (Å²) >= 11 is 0. The summed E-state index contributed by atoms with van der Waals surface area (Å²) in [6.07, 6.45) is 4.34. The fourth-order valence-corrected chi connectivity index (χ4v) is 1.32. The van der Waals surface area contributed by atoms with Gasteiger partial charge in [0.2, 0.25) is 0 Å². The van der Waals surface area contributed by atoms with Gasteiger partial charge in [-0.2, -0.15) is 0 Å². The summed E-state index contributed by atoms with van der Waals surface area (Å²) in [6.45, 7) is 0.115. The van der Waals surface area contributed by atoms with E-state index in [4.69, 9.17) is 10.8 Å². The summed E-state index contributed by atoms with van der Waals surface area (Å²) in [4.78, 5) is 4.28. The Kier molecular flexibility index (Phi) is 1.90. The number of nitrogens with two attached hydrogens (primary N) is 1. The zero-order valence-corrected chi connectivity index (χ0v) is 7.14. The molecule has 3 N–H and O–H groups in total. The first-order valence-electron chi connectivity index (χ1n) is 4.14. The van der Waals surface area contributed by atoms with Crippen LogP contribution >= 0.6 is 0 Å². The summed E-state index contributed by atoms with van der Waals surface area (Å²) in [7, 11) is 0. The average molecular weight is 177 g/mol. The van der Waals surface area contributed by atoms with Gasteiger partial charge in [-0.1, -0.05) is 0 Å². The maximum atomic E-state index is 8.73. The molecule has 0 bridgehead atoms. The molecule has 0 spiro atoms. The third-order valence-corrected chi connectivity index (χ3v) is 1.93. The Bertz CT molecular complexity index is 422. The van der Waals surface area contributed by atoms with Crippen LogP contribution in [0.2, 0.25) is 0 Å². The molecular formula is C9H11N3O. The molecule has 13 heavy (non-hydrogen) atoms. The van der Waals surface area contributed by atoms with Crippen molar-refractivity contribution in [2.24, 2.45) is 0 Å². The molecule has 0 aliphatic heterocycles. The number of fused-ring (bicyclic) bond motifs is 1. The summed E-state index contributed by atoms with van der Waals surface area (Å²) < 4.78 is 1.86. The van der Waals surface area contributed by atoms with E-state index < -0.39 is 0 Å². The molecule has 0 amide bonds. The Morgan fingerprint density at radius 3 is 3.08 bits per heavy atom. The number of aliphatic hydroxyl groups excluding tert-OH is 1. The highest BCUT2D eigenvalue weighted by molar-refractivity contribution is 5.64. The Hall–Kier alpha value is -1.55. The van der Waals surface area contributed by atoms with Crippen LogP contribution in [0.3, 0.4) is 0 Å². The van der Waals surface area contributed by atoms with Gasteiger partial charge >= 0.3 is 0 Å². The van der Waals surface area contributed by atoms with Crippen molar-refractivity contribution in [3.05, 3.63) is 30.2 Å². The number of imidazole rings is 1. The lowest BCUT2D eigenvalue weighted by atomic mass is 10.4. The highest BCUT2D eigenvalue weighted by Crippen LogP contribution is 2.12. The predicted molar refractivity (Wildman–Crippen MR) is 50.4 cm³/mol. The lowest BCUT2D eigenvalue weighted by Crippen LogP contribution is -1.91. The molecule has 0 aromatic carbocycles. The van der Waals surface area contributed by atoms with Gasteiger partial charge in [-0.15, -0.1) is 0 Å².